The molecule has 1 saturated heterocycles. The van der Waals surface area contributed by atoms with Crippen LogP contribution in [0.5, 0.6) is 0 Å². The third-order valence-corrected chi connectivity index (χ3v) is 4.55. The summed E-state index contributed by atoms with van der Waals surface area (Å²) in [6.45, 7) is 13.0. The van der Waals surface area contributed by atoms with E-state index in [0.29, 0.717) is 6.04 Å². The smallest absolute Gasteiger partial charge is 0.191 e. The number of hydrogen-bond donors (Lipinski definition) is 2. The molecule has 4 nitrogen and oxygen atoms in total. The Morgan fingerprint density at radius 1 is 1.33 bits per heavy atom. The minimum Gasteiger partial charge on any atom is -0.357 e. The molecule has 1 aromatic rings. The zero-order valence-corrected chi connectivity index (χ0v) is 19.0. The van der Waals surface area contributed by atoms with Gasteiger partial charge in [-0.05, 0) is 57.2 Å². The van der Waals surface area contributed by atoms with Crippen LogP contribution in [0.25, 0.3) is 0 Å². The highest BCUT2D eigenvalue weighted by Gasteiger charge is 2.19. The van der Waals surface area contributed by atoms with E-state index in [2.05, 4.69) is 41.0 Å². The molecule has 2 N–H and O–H groups in total. The Labute approximate surface area is 180 Å². The van der Waals surface area contributed by atoms with Crippen LogP contribution in [-0.2, 0) is 6.42 Å². The molecule has 1 aromatic carbocycles. The molecule has 1 aliphatic heterocycles. The van der Waals surface area contributed by atoms with Gasteiger partial charge in [0.25, 0.3) is 0 Å². The first-order chi connectivity index (χ1) is 12.6. The Morgan fingerprint density at radius 2 is 2.07 bits per heavy atom. The van der Waals surface area contributed by atoms with Crippen molar-refractivity contribution < 1.29 is 4.39 Å². The molecule has 1 aliphatic rings. The maximum atomic E-state index is 13.2. The van der Waals surface area contributed by atoms with Crippen molar-refractivity contribution in [3.8, 4) is 0 Å². The van der Waals surface area contributed by atoms with Gasteiger partial charge in [-0.15, -0.1) is 24.0 Å². The molecule has 2 rings (SSSR count). The molecule has 0 amide bonds. The lowest BCUT2D eigenvalue weighted by Gasteiger charge is -2.33. The van der Waals surface area contributed by atoms with Crippen LogP contribution >= 0.6 is 24.0 Å². The lowest BCUT2D eigenvalue weighted by Crippen LogP contribution is -2.48. The number of benzene rings is 1. The first kappa shape index (κ1) is 23.9. The Kier molecular flexibility index (Phi) is 11.6. The second-order valence-corrected chi connectivity index (χ2v) is 7.15. The second kappa shape index (κ2) is 13.1. The second-order valence-electron chi connectivity index (χ2n) is 7.15. The van der Waals surface area contributed by atoms with Gasteiger partial charge in [-0.25, -0.2) is 4.39 Å². The highest BCUT2D eigenvalue weighted by molar-refractivity contribution is 14.0. The molecule has 0 bridgehead atoms. The highest BCUT2D eigenvalue weighted by Crippen LogP contribution is 2.11. The molecular formula is C21H34FIN4. The fourth-order valence-corrected chi connectivity index (χ4v) is 3.30. The van der Waals surface area contributed by atoms with Crippen LogP contribution in [0.4, 0.5) is 4.39 Å². The fraction of sp³-hybridized carbons (Fsp3) is 0.571. The normalized spacial score (nSPS) is 15.9. The number of likely N-dealkylation sites (tertiary alicyclic amines) is 1. The zero-order chi connectivity index (χ0) is 18.8. The van der Waals surface area contributed by atoms with Crippen LogP contribution in [0, 0.1) is 5.82 Å². The summed E-state index contributed by atoms with van der Waals surface area (Å²) in [5.41, 5.74) is 2.26. The van der Waals surface area contributed by atoms with E-state index in [-0.39, 0.29) is 29.8 Å². The highest BCUT2D eigenvalue weighted by atomic mass is 127. The molecule has 1 heterocycles. The van der Waals surface area contributed by atoms with Gasteiger partial charge in [0, 0.05) is 38.8 Å². The number of nitrogens with zero attached hydrogens (tertiary/aromatic N) is 2. The van der Waals surface area contributed by atoms with Crippen LogP contribution in [0.15, 0.2) is 41.4 Å². The van der Waals surface area contributed by atoms with E-state index < -0.39 is 0 Å². The number of nitrogens with one attached hydrogen (secondary N) is 2. The summed E-state index contributed by atoms with van der Waals surface area (Å²) < 4.78 is 13.2. The van der Waals surface area contributed by atoms with Gasteiger partial charge in [0.2, 0.25) is 0 Å². The van der Waals surface area contributed by atoms with Crippen LogP contribution in [-0.4, -0.2) is 49.6 Å². The number of aryl methyl sites for hydroxylation is 1. The van der Waals surface area contributed by atoms with Crippen molar-refractivity contribution in [2.24, 2.45) is 4.99 Å². The summed E-state index contributed by atoms with van der Waals surface area (Å²) in [4.78, 5) is 7.15. The topological polar surface area (TPSA) is 39.7 Å². The molecule has 0 unspecified atom stereocenters. The fourth-order valence-electron chi connectivity index (χ4n) is 3.30. The molecule has 0 spiro atoms. The number of hydrogen-bond acceptors (Lipinski definition) is 2. The summed E-state index contributed by atoms with van der Waals surface area (Å²) in [7, 11) is 0. The molecule has 0 saturated carbocycles. The maximum absolute atomic E-state index is 13.2. The maximum Gasteiger partial charge on any atom is 0.191 e. The van der Waals surface area contributed by atoms with Crippen LogP contribution in [0.3, 0.4) is 0 Å². The van der Waals surface area contributed by atoms with Gasteiger partial charge in [0.15, 0.2) is 5.96 Å². The van der Waals surface area contributed by atoms with Crippen LogP contribution in [0.2, 0.25) is 0 Å². The summed E-state index contributed by atoms with van der Waals surface area (Å²) in [6.07, 6.45) is 4.01. The van der Waals surface area contributed by atoms with Crippen molar-refractivity contribution in [2.45, 2.75) is 45.6 Å². The van der Waals surface area contributed by atoms with Crippen molar-refractivity contribution in [2.75, 3.05) is 32.7 Å². The van der Waals surface area contributed by atoms with Gasteiger partial charge in [-0.2, -0.15) is 0 Å². The molecule has 6 heteroatoms. The molecular weight excluding hydrogens is 454 g/mol. The van der Waals surface area contributed by atoms with Gasteiger partial charge in [0.05, 0.1) is 0 Å². The van der Waals surface area contributed by atoms with Crippen molar-refractivity contribution in [3.63, 3.8) is 0 Å². The Hall–Kier alpha value is -1.15. The molecule has 1 fully saturated rings. The number of halogens is 2. The predicted octanol–water partition coefficient (Wildman–Crippen LogP) is 3.97. The molecule has 152 valence electrons. The molecule has 0 aromatic heterocycles. The number of piperidine rings is 1. The van der Waals surface area contributed by atoms with Gasteiger partial charge in [0.1, 0.15) is 5.82 Å². The van der Waals surface area contributed by atoms with Crippen molar-refractivity contribution in [1.29, 1.82) is 0 Å². The SMILES string of the molecule is C=C(C)CN1CCC(NC(=NCCCc2cccc(F)c2)NCC)CC1.I. The van der Waals surface area contributed by atoms with Gasteiger partial charge in [-0.1, -0.05) is 24.3 Å². The average molecular weight is 488 g/mol. The third-order valence-electron chi connectivity index (χ3n) is 4.55. The van der Waals surface area contributed by atoms with Gasteiger partial charge < -0.3 is 10.6 Å². The summed E-state index contributed by atoms with van der Waals surface area (Å²) in [5, 5.41) is 6.90. The van der Waals surface area contributed by atoms with E-state index in [9.17, 15) is 4.39 Å². The molecule has 0 atom stereocenters. The summed E-state index contributed by atoms with van der Waals surface area (Å²) in [6, 6.07) is 7.29. The third kappa shape index (κ3) is 9.55. The van der Waals surface area contributed by atoms with E-state index in [4.69, 9.17) is 0 Å². The van der Waals surface area contributed by atoms with Crippen molar-refractivity contribution in [1.82, 2.24) is 15.5 Å². The standard InChI is InChI=1S/C21H33FN4.HI/c1-4-23-21(24-12-6-8-18-7-5-9-19(22)15-18)25-20-10-13-26(14-11-20)16-17(2)3;/h5,7,9,15,20H,2,4,6,8,10-14,16H2,1,3H3,(H2,23,24,25);1H. The summed E-state index contributed by atoms with van der Waals surface area (Å²) >= 11 is 0. The monoisotopic (exact) mass is 488 g/mol. The minimum absolute atomic E-state index is 0. The quantitative estimate of drug-likeness (QED) is 0.191. The van der Waals surface area contributed by atoms with E-state index >= 15 is 0 Å². The van der Waals surface area contributed by atoms with E-state index in [1.807, 2.05) is 6.07 Å². The minimum atomic E-state index is -0.168. The Morgan fingerprint density at radius 3 is 2.70 bits per heavy atom. The largest absolute Gasteiger partial charge is 0.357 e. The number of guanidine groups is 1. The first-order valence-corrected chi connectivity index (χ1v) is 9.73. The van der Waals surface area contributed by atoms with E-state index in [1.54, 1.807) is 12.1 Å². The van der Waals surface area contributed by atoms with Crippen molar-refractivity contribution >= 4 is 29.9 Å². The Balaban J connectivity index is 0.00000364. The molecule has 0 radical (unpaired) electrons. The van der Waals surface area contributed by atoms with Gasteiger partial charge in [-0.3, -0.25) is 9.89 Å². The first-order valence-electron chi connectivity index (χ1n) is 9.73. The number of rotatable bonds is 8. The predicted molar refractivity (Wildman–Crippen MR) is 124 cm³/mol. The van der Waals surface area contributed by atoms with Crippen LogP contribution < -0.4 is 10.6 Å². The number of aliphatic imine (C=N–C) groups is 1. The molecule has 27 heavy (non-hydrogen) atoms. The zero-order valence-electron chi connectivity index (χ0n) is 16.6. The lowest BCUT2D eigenvalue weighted by molar-refractivity contribution is 0.221. The van der Waals surface area contributed by atoms with Gasteiger partial charge >= 0.3 is 0 Å². The van der Waals surface area contributed by atoms with Crippen LogP contribution in [0.1, 0.15) is 38.7 Å². The molecule has 0 aliphatic carbocycles. The summed E-state index contributed by atoms with van der Waals surface area (Å²) in [5.74, 6) is 0.726. The van der Waals surface area contributed by atoms with E-state index in [1.165, 1.54) is 11.6 Å². The average Bonchev–Trinajstić information content (AvgIpc) is 2.60. The van der Waals surface area contributed by atoms with Crippen molar-refractivity contribution in [3.05, 3.63) is 47.8 Å². The lowest BCUT2D eigenvalue weighted by atomic mass is 10.0. The van der Waals surface area contributed by atoms with E-state index in [0.717, 1.165) is 69.9 Å². The Bertz CT molecular complexity index is 598.